The van der Waals surface area contributed by atoms with Crippen molar-refractivity contribution >= 4 is 59.7 Å². The molecule has 0 N–H and O–H groups in total. The molecule has 0 aliphatic carbocycles. The molecular weight excluding hydrogens is 580 g/mol. The summed E-state index contributed by atoms with van der Waals surface area (Å²) in [5.74, 6) is 0. The van der Waals surface area contributed by atoms with Crippen LogP contribution in [-0.2, 0) is 0 Å². The van der Waals surface area contributed by atoms with Gasteiger partial charge in [0, 0.05) is 0 Å². The minimum absolute atomic E-state index is 0.410. The van der Waals surface area contributed by atoms with E-state index in [0.717, 1.165) is 0 Å². The number of hydrogen-bond acceptors (Lipinski definition) is 0. The third kappa shape index (κ3) is 16.7. The van der Waals surface area contributed by atoms with Crippen LogP contribution in [-0.4, -0.2) is 5.16 Å². The van der Waals surface area contributed by atoms with Gasteiger partial charge in [-0.1, -0.05) is 65.7 Å². The topological polar surface area (TPSA) is 0 Å². The van der Waals surface area contributed by atoms with Crippen molar-refractivity contribution in [1.29, 1.82) is 0 Å². The van der Waals surface area contributed by atoms with Gasteiger partial charge in [0.15, 0.2) is 0 Å². The van der Waals surface area contributed by atoms with Gasteiger partial charge in [-0.3, -0.25) is 0 Å². The molecule has 0 aliphatic rings. The molecule has 18 heavy (non-hydrogen) atoms. The van der Waals surface area contributed by atoms with E-state index in [1.54, 1.807) is 0 Å². The molecule has 0 spiro atoms. The van der Waals surface area contributed by atoms with Crippen molar-refractivity contribution in [2.24, 2.45) is 0 Å². The first-order valence-corrected chi connectivity index (χ1v) is 21.4. The third-order valence-corrected chi connectivity index (χ3v) is 4.20. The third-order valence-electron chi connectivity index (χ3n) is 3.33. The summed E-state index contributed by atoms with van der Waals surface area (Å²) >= 11 is 5.22. The number of rotatable bonds is 10. The second-order valence-corrected chi connectivity index (χ2v) is 23.9. The average molecular weight is 612 g/mol. The zero-order chi connectivity index (χ0) is 14.3. The molecule has 1 unspecified atom stereocenters. The summed E-state index contributed by atoms with van der Waals surface area (Å²) in [5.41, 5.74) is 0. The molecule has 1 atom stereocenters. The first kappa shape index (κ1) is 22.9. The number of halogens is 3. The summed E-state index contributed by atoms with van der Waals surface area (Å²) < 4.78 is 0. The standard InChI is InChI=1S/C14H31P.HI3/c1-4-7-10-13-14(15,11-8-5-2)12-9-6-3;1-3-2/h4-13,15H2,1-3H3;3H. The fourth-order valence-electron chi connectivity index (χ4n) is 2.16. The molecule has 4 heteroatoms. The Morgan fingerprint density at radius 2 is 1.11 bits per heavy atom. The van der Waals surface area contributed by atoms with E-state index >= 15 is 0 Å². The van der Waals surface area contributed by atoms with Crippen molar-refractivity contribution in [3.8, 4) is 0 Å². The van der Waals surface area contributed by atoms with Gasteiger partial charge < -0.3 is 0 Å². The first-order chi connectivity index (χ1) is 8.60. The zero-order valence-electron chi connectivity index (χ0n) is 12.3. The number of hydrogen-bond donors (Lipinski definition) is 0. The fourth-order valence-corrected chi connectivity index (χ4v) is 2.77. The molecule has 114 valence electrons. The fraction of sp³-hybridized carbons (Fsp3) is 1.00. The van der Waals surface area contributed by atoms with Crippen LogP contribution in [0.25, 0.3) is 0 Å². The van der Waals surface area contributed by atoms with E-state index in [4.69, 9.17) is 0 Å². The van der Waals surface area contributed by atoms with Crippen LogP contribution < -0.4 is 0 Å². The van der Waals surface area contributed by atoms with Crippen LogP contribution >= 0.6 is 59.7 Å². The maximum absolute atomic E-state index is 3.19. The predicted molar refractivity (Wildman–Crippen MR) is 119 cm³/mol. The summed E-state index contributed by atoms with van der Waals surface area (Å²) in [6, 6.07) is 0. The van der Waals surface area contributed by atoms with Crippen molar-refractivity contribution < 1.29 is 0 Å². The normalized spacial score (nSPS) is 11.2. The Labute approximate surface area is 148 Å². The summed E-state index contributed by atoms with van der Waals surface area (Å²) in [5, 5.41) is 0.571. The van der Waals surface area contributed by atoms with Crippen LogP contribution in [0.15, 0.2) is 0 Å². The van der Waals surface area contributed by atoms with Crippen molar-refractivity contribution in [1.82, 2.24) is 0 Å². The van der Waals surface area contributed by atoms with Crippen molar-refractivity contribution in [2.45, 2.75) is 90.1 Å². The van der Waals surface area contributed by atoms with E-state index in [1.165, 1.54) is 64.2 Å². The molecule has 0 saturated carbocycles. The molecule has 0 saturated heterocycles. The van der Waals surface area contributed by atoms with Crippen molar-refractivity contribution in [2.75, 3.05) is 0 Å². The molecule has 0 fully saturated rings. The van der Waals surface area contributed by atoms with E-state index in [9.17, 15) is 0 Å². The number of unbranched alkanes of at least 4 members (excludes halogenated alkanes) is 4. The summed E-state index contributed by atoms with van der Waals surface area (Å²) in [4.78, 5) is 0. The van der Waals surface area contributed by atoms with E-state index < -0.39 is 0 Å². The van der Waals surface area contributed by atoms with E-state index in [-0.39, 0.29) is 0 Å². The van der Waals surface area contributed by atoms with Gasteiger partial charge in [-0.2, -0.15) is 0 Å². The van der Waals surface area contributed by atoms with Gasteiger partial charge in [-0.25, -0.2) is 0 Å². The van der Waals surface area contributed by atoms with Crippen molar-refractivity contribution in [3.05, 3.63) is 0 Å². The Morgan fingerprint density at radius 1 is 0.778 bits per heavy atom. The summed E-state index contributed by atoms with van der Waals surface area (Å²) in [6.07, 6.45) is 13.9. The monoisotopic (exact) mass is 612 g/mol. The Balaban J connectivity index is 0. The van der Waals surface area contributed by atoms with Crippen LogP contribution in [0.5, 0.6) is 0 Å². The molecule has 0 rings (SSSR count). The average Bonchev–Trinajstić information content (AvgIpc) is 2.36. The van der Waals surface area contributed by atoms with Crippen molar-refractivity contribution in [3.63, 3.8) is 0 Å². The van der Waals surface area contributed by atoms with E-state index in [1.807, 2.05) is 0 Å². The minimum atomic E-state index is 0.410. The molecule has 0 radical (unpaired) electrons. The van der Waals surface area contributed by atoms with Crippen LogP contribution in [0.4, 0.5) is 0 Å². The quantitative estimate of drug-likeness (QED) is 0.134. The molecule has 0 amide bonds. The van der Waals surface area contributed by atoms with Gasteiger partial charge >= 0.3 is 50.5 Å². The molecule has 0 aliphatic heterocycles. The maximum atomic E-state index is 3.19. The Bertz CT molecular complexity index is 146. The molecule has 0 bridgehead atoms. The Morgan fingerprint density at radius 3 is 1.44 bits per heavy atom. The van der Waals surface area contributed by atoms with Gasteiger partial charge in [0.25, 0.3) is 0 Å². The zero-order valence-corrected chi connectivity index (χ0v) is 20.1. The summed E-state index contributed by atoms with van der Waals surface area (Å²) in [7, 11) is 3.19. The second-order valence-electron chi connectivity index (χ2n) is 5.08. The molecule has 0 aromatic heterocycles. The van der Waals surface area contributed by atoms with Crippen LogP contribution in [0, 0.1) is 0 Å². The second kappa shape index (κ2) is 17.7. The van der Waals surface area contributed by atoms with Gasteiger partial charge in [-0.15, -0.1) is 9.24 Å². The molecule has 0 nitrogen and oxygen atoms in total. The van der Waals surface area contributed by atoms with E-state index in [2.05, 4.69) is 67.2 Å². The molecular formula is C14H32I3P. The van der Waals surface area contributed by atoms with Gasteiger partial charge in [0.2, 0.25) is 0 Å². The van der Waals surface area contributed by atoms with Crippen LogP contribution in [0.1, 0.15) is 85.0 Å². The first-order valence-electron chi connectivity index (χ1n) is 7.28. The van der Waals surface area contributed by atoms with Gasteiger partial charge in [0.05, 0.1) is 0 Å². The van der Waals surface area contributed by atoms with Gasteiger partial charge in [0.1, 0.15) is 0 Å². The molecule has 0 heterocycles. The SMILES string of the molecule is CCCCCC(P)(CCCC)CCCC.I[IH]I. The van der Waals surface area contributed by atoms with Crippen LogP contribution in [0.2, 0.25) is 0 Å². The summed E-state index contributed by atoms with van der Waals surface area (Å²) in [6.45, 7) is 6.90. The van der Waals surface area contributed by atoms with E-state index in [0.29, 0.717) is 18.4 Å². The van der Waals surface area contributed by atoms with Gasteiger partial charge in [-0.05, 0) is 24.4 Å². The Hall–Kier alpha value is 2.62. The predicted octanol–water partition coefficient (Wildman–Crippen LogP) is 7.95. The molecule has 0 aromatic rings. The van der Waals surface area contributed by atoms with Crippen LogP contribution in [0.3, 0.4) is 0 Å². The Kier molecular flexibility index (Phi) is 22.5. The molecule has 0 aromatic carbocycles.